The molecule has 1 unspecified atom stereocenters. The van der Waals surface area contributed by atoms with E-state index in [4.69, 9.17) is 23.4 Å². The number of nitrogens with one attached hydrogen (secondary N) is 2. The van der Waals surface area contributed by atoms with Crippen LogP contribution < -0.4 is 15.4 Å². The molecule has 2 amide bonds. The topological polar surface area (TPSA) is 137 Å². The maximum atomic E-state index is 12.7. The van der Waals surface area contributed by atoms with Crippen molar-refractivity contribution in [3.63, 3.8) is 0 Å². The molecule has 4 atom stereocenters. The van der Waals surface area contributed by atoms with Gasteiger partial charge >= 0.3 is 12.2 Å². The normalized spacial score (nSPS) is 20.9. The third-order valence-electron chi connectivity index (χ3n) is 8.20. The van der Waals surface area contributed by atoms with Crippen LogP contribution in [0.25, 0.3) is 0 Å². The first-order chi connectivity index (χ1) is 20.7. The number of ether oxygens (including phenoxy) is 4. The maximum Gasteiger partial charge on any atom is 0.407 e. The highest BCUT2D eigenvalue weighted by Gasteiger charge is 2.49. The molecule has 1 aromatic rings. The number of benzene rings is 1. The number of carbonyl (C=O) groups is 2. The zero-order valence-corrected chi connectivity index (χ0v) is 30.4. The molecule has 2 rings (SSSR count). The molecule has 0 heterocycles. The van der Waals surface area contributed by atoms with Crippen molar-refractivity contribution in [1.29, 1.82) is 0 Å². The Balaban J connectivity index is 2.41. The van der Waals surface area contributed by atoms with E-state index < -0.39 is 43.7 Å². The summed E-state index contributed by atoms with van der Waals surface area (Å²) in [6.45, 7) is 22.7. The van der Waals surface area contributed by atoms with Crippen molar-refractivity contribution in [2.45, 2.75) is 111 Å². The number of nitrogens with zero attached hydrogens (tertiary/aromatic N) is 1. The standard InChI is InChI=1S/C33H57N3O8Si/c1-31(2,3)42-29(37)34-18-23-17-26(36-39)28(25(23)19-35-30(38)43-32(4,5)6)27(44-45(11,12)33(7,8)9)21-41-20-22-13-15-24(40-10)16-14-22/h13-16,23,25,27-28,39H,17-21H2,1-12H3,(H,34,37)(H,35,38)/b36-26-/t23-,25-,27?,28+/m0/s1. The highest BCUT2D eigenvalue weighted by molar-refractivity contribution is 6.74. The molecule has 1 aliphatic carbocycles. The highest BCUT2D eigenvalue weighted by Crippen LogP contribution is 2.43. The summed E-state index contributed by atoms with van der Waals surface area (Å²) in [7, 11) is -0.720. The van der Waals surface area contributed by atoms with Gasteiger partial charge in [0.05, 0.1) is 32.1 Å². The van der Waals surface area contributed by atoms with Crippen LogP contribution in [-0.4, -0.2) is 75.5 Å². The van der Waals surface area contributed by atoms with Crippen LogP contribution >= 0.6 is 0 Å². The Morgan fingerprint density at radius 2 is 1.47 bits per heavy atom. The van der Waals surface area contributed by atoms with Crippen LogP contribution in [-0.2, 0) is 25.2 Å². The van der Waals surface area contributed by atoms with Gasteiger partial charge in [-0.15, -0.1) is 0 Å². The molecule has 45 heavy (non-hydrogen) atoms. The Kier molecular flexibility index (Phi) is 13.3. The molecule has 1 fully saturated rings. The molecule has 0 aromatic heterocycles. The van der Waals surface area contributed by atoms with E-state index in [0.717, 1.165) is 11.3 Å². The number of alkyl carbamates (subject to hydrolysis) is 2. The monoisotopic (exact) mass is 651 g/mol. The van der Waals surface area contributed by atoms with E-state index in [1.54, 1.807) is 48.7 Å². The molecule has 12 heteroatoms. The smallest absolute Gasteiger partial charge is 0.407 e. The Hall–Kier alpha value is -2.83. The molecule has 0 radical (unpaired) electrons. The van der Waals surface area contributed by atoms with Crippen LogP contribution in [0.4, 0.5) is 9.59 Å². The average Bonchev–Trinajstić information content (AvgIpc) is 3.25. The van der Waals surface area contributed by atoms with E-state index in [1.807, 2.05) is 24.3 Å². The minimum absolute atomic E-state index is 0.0989. The van der Waals surface area contributed by atoms with E-state index in [2.05, 4.69) is 49.7 Å². The first-order valence-electron chi connectivity index (χ1n) is 15.7. The van der Waals surface area contributed by atoms with Gasteiger partial charge in [0.15, 0.2) is 8.32 Å². The summed E-state index contributed by atoms with van der Waals surface area (Å²) in [6.07, 6.45) is -1.17. The number of oxime groups is 1. The van der Waals surface area contributed by atoms with Crippen LogP contribution in [0.2, 0.25) is 18.1 Å². The lowest BCUT2D eigenvalue weighted by atomic mass is 9.85. The summed E-state index contributed by atoms with van der Waals surface area (Å²) in [5.74, 6) is -0.0902. The molecule has 11 nitrogen and oxygen atoms in total. The summed E-state index contributed by atoms with van der Waals surface area (Å²) < 4.78 is 29.5. The molecular weight excluding hydrogens is 594 g/mol. The van der Waals surface area contributed by atoms with Gasteiger partial charge in [0.25, 0.3) is 0 Å². The van der Waals surface area contributed by atoms with Gasteiger partial charge in [-0.3, -0.25) is 0 Å². The summed E-state index contributed by atoms with van der Waals surface area (Å²) in [6, 6.07) is 7.67. The van der Waals surface area contributed by atoms with Gasteiger partial charge in [-0.2, -0.15) is 0 Å². The Labute approximate surface area is 270 Å². The van der Waals surface area contributed by atoms with Gasteiger partial charge in [-0.05, 0) is 95.6 Å². The fourth-order valence-corrected chi connectivity index (χ4v) is 6.36. The predicted molar refractivity (Wildman–Crippen MR) is 178 cm³/mol. The highest BCUT2D eigenvalue weighted by atomic mass is 28.4. The molecule has 0 aliphatic heterocycles. The number of hydrogen-bond acceptors (Lipinski definition) is 9. The van der Waals surface area contributed by atoms with Crippen molar-refractivity contribution in [1.82, 2.24) is 10.6 Å². The van der Waals surface area contributed by atoms with Gasteiger partial charge in [-0.1, -0.05) is 38.1 Å². The van der Waals surface area contributed by atoms with Crippen LogP contribution in [0, 0.1) is 17.8 Å². The van der Waals surface area contributed by atoms with Crippen LogP contribution in [0.1, 0.15) is 74.3 Å². The third-order valence-corrected chi connectivity index (χ3v) is 12.7. The first-order valence-corrected chi connectivity index (χ1v) is 18.6. The van der Waals surface area contributed by atoms with Gasteiger partial charge in [-0.25, -0.2) is 9.59 Å². The molecule has 0 bridgehead atoms. The Morgan fingerprint density at radius 3 is 1.93 bits per heavy atom. The zero-order valence-electron chi connectivity index (χ0n) is 29.4. The van der Waals surface area contributed by atoms with E-state index in [9.17, 15) is 14.8 Å². The summed E-state index contributed by atoms with van der Waals surface area (Å²) in [5.41, 5.74) is 0.199. The van der Waals surface area contributed by atoms with E-state index in [-0.39, 0.29) is 36.6 Å². The molecule has 1 saturated carbocycles. The van der Waals surface area contributed by atoms with Crippen molar-refractivity contribution in [2.75, 3.05) is 26.8 Å². The minimum atomic E-state index is -2.35. The Morgan fingerprint density at radius 1 is 0.933 bits per heavy atom. The number of carbonyl (C=O) groups excluding carboxylic acids is 2. The fourth-order valence-electron chi connectivity index (χ4n) is 5.04. The van der Waals surface area contributed by atoms with Crippen LogP contribution in [0.3, 0.4) is 0 Å². The fraction of sp³-hybridized carbons (Fsp3) is 0.727. The lowest BCUT2D eigenvalue weighted by Gasteiger charge is -2.42. The number of hydrogen-bond donors (Lipinski definition) is 3. The summed E-state index contributed by atoms with van der Waals surface area (Å²) in [5, 5.41) is 19.7. The second-order valence-electron chi connectivity index (χ2n) is 15.3. The van der Waals surface area contributed by atoms with Gasteiger partial charge in [0.1, 0.15) is 17.0 Å². The summed E-state index contributed by atoms with van der Waals surface area (Å²) in [4.78, 5) is 25.3. The van der Waals surface area contributed by atoms with E-state index >= 15 is 0 Å². The van der Waals surface area contributed by atoms with Crippen molar-refractivity contribution in [2.24, 2.45) is 22.9 Å². The maximum absolute atomic E-state index is 12.7. The van der Waals surface area contributed by atoms with Gasteiger partial charge in [0.2, 0.25) is 0 Å². The molecule has 0 spiro atoms. The lowest BCUT2D eigenvalue weighted by Crippen LogP contribution is -2.50. The average molecular weight is 652 g/mol. The molecule has 3 N–H and O–H groups in total. The first kappa shape index (κ1) is 38.4. The number of amides is 2. The second kappa shape index (κ2) is 15.6. The summed E-state index contributed by atoms with van der Waals surface area (Å²) >= 11 is 0. The van der Waals surface area contributed by atoms with Crippen molar-refractivity contribution >= 4 is 26.2 Å². The van der Waals surface area contributed by atoms with Gasteiger partial charge < -0.3 is 39.2 Å². The van der Waals surface area contributed by atoms with E-state index in [0.29, 0.717) is 18.7 Å². The molecule has 1 aromatic carbocycles. The molecular formula is C33H57N3O8Si. The van der Waals surface area contributed by atoms with Crippen molar-refractivity contribution in [3.05, 3.63) is 29.8 Å². The van der Waals surface area contributed by atoms with Gasteiger partial charge in [0, 0.05) is 19.0 Å². The molecule has 256 valence electrons. The van der Waals surface area contributed by atoms with Crippen LogP contribution in [0.15, 0.2) is 29.4 Å². The molecule has 1 aliphatic rings. The van der Waals surface area contributed by atoms with E-state index in [1.165, 1.54) is 0 Å². The second-order valence-corrected chi connectivity index (χ2v) is 20.0. The molecule has 0 saturated heterocycles. The van der Waals surface area contributed by atoms with Crippen LogP contribution in [0.5, 0.6) is 5.75 Å². The van der Waals surface area contributed by atoms with Crippen molar-refractivity contribution < 1.29 is 38.2 Å². The van der Waals surface area contributed by atoms with Crippen molar-refractivity contribution in [3.8, 4) is 5.75 Å². The Bertz CT molecular complexity index is 1140. The SMILES string of the molecule is COc1ccc(COCC(O[Si](C)(C)C(C)(C)C)[C@H]2/C(=N\O)C[C@@H](CNC(=O)OC(C)(C)C)[C@@H]2CNC(=O)OC(C)(C)C)cc1. The predicted octanol–water partition coefficient (Wildman–Crippen LogP) is 6.73. The minimum Gasteiger partial charge on any atom is -0.497 e. The number of methoxy groups -OCH3 is 1. The number of rotatable bonds is 12. The zero-order chi connectivity index (χ0) is 34.2. The largest absolute Gasteiger partial charge is 0.497 e. The third kappa shape index (κ3) is 12.5. The quantitative estimate of drug-likeness (QED) is 0.129. The lowest BCUT2D eigenvalue weighted by molar-refractivity contribution is 0.00463.